The van der Waals surface area contributed by atoms with Crippen LogP contribution in [0, 0.1) is 0 Å². The van der Waals surface area contributed by atoms with E-state index >= 15 is 0 Å². The monoisotopic (exact) mass is 184 g/mol. The quantitative estimate of drug-likeness (QED) is 0.466. The first-order valence-electron chi connectivity index (χ1n) is 4.77. The van der Waals surface area contributed by atoms with Gasteiger partial charge in [-0.25, -0.2) is 0 Å². The molecule has 1 aromatic rings. The van der Waals surface area contributed by atoms with Crippen LogP contribution in [0.4, 0.5) is 0 Å². The predicted octanol–water partition coefficient (Wildman–Crippen LogP) is 2.72. The van der Waals surface area contributed by atoms with E-state index in [2.05, 4.69) is 36.2 Å². The number of hydrogen-bond donors (Lipinski definition) is 0. The second kappa shape index (κ2) is 3.62. The number of rotatable bonds is 1. The minimum absolute atomic E-state index is 0.941. The topological polar surface area (TPSA) is 3.88 Å². The number of pyridine rings is 1. The van der Waals surface area contributed by atoms with Crippen LogP contribution in [0.3, 0.4) is 0 Å². The molecule has 2 rings (SSSR count). The summed E-state index contributed by atoms with van der Waals surface area (Å²) >= 11 is 0. The molecule has 1 heteroatoms. The largest absolute Gasteiger partial charge is 0.191 e. The van der Waals surface area contributed by atoms with Crippen LogP contribution in [0.15, 0.2) is 61.0 Å². The summed E-state index contributed by atoms with van der Waals surface area (Å²) in [7, 11) is 0. The average Bonchev–Trinajstić information content (AvgIpc) is 2.18. The molecule has 0 N–H and O–H groups in total. The normalized spacial score (nSPS) is 16.7. The predicted molar refractivity (Wildman–Crippen MR) is 58.4 cm³/mol. The van der Waals surface area contributed by atoms with E-state index in [4.69, 9.17) is 0 Å². The average molecular weight is 184 g/mol. The van der Waals surface area contributed by atoms with Crippen molar-refractivity contribution >= 4 is 5.70 Å². The summed E-state index contributed by atoms with van der Waals surface area (Å²) in [6.07, 6.45) is 8.15. The van der Waals surface area contributed by atoms with Gasteiger partial charge in [0.05, 0.1) is 6.42 Å². The molecule has 1 nitrogen and oxygen atoms in total. The molecule has 0 aliphatic heterocycles. The first-order valence-corrected chi connectivity index (χ1v) is 4.77. The van der Waals surface area contributed by atoms with E-state index in [1.54, 1.807) is 0 Å². The maximum atomic E-state index is 4.03. The molecule has 1 aromatic heterocycles. The van der Waals surface area contributed by atoms with Crippen LogP contribution < -0.4 is 4.57 Å². The standard InChI is InChI=1S/C13H14N/c1-11-8-12(2)10-13(9-11)14-6-4-3-5-7-14/h3-7,9H,1-2,8,10H2/q+1. The zero-order valence-corrected chi connectivity index (χ0v) is 8.24. The van der Waals surface area contributed by atoms with E-state index in [-0.39, 0.29) is 0 Å². The van der Waals surface area contributed by atoms with Crippen molar-refractivity contribution in [1.82, 2.24) is 0 Å². The number of hydrogen-bond acceptors (Lipinski definition) is 0. The smallest absolute Gasteiger partial charge is 0.171 e. The van der Waals surface area contributed by atoms with Gasteiger partial charge >= 0.3 is 0 Å². The van der Waals surface area contributed by atoms with Crippen LogP contribution in [0.1, 0.15) is 12.8 Å². The molecule has 0 radical (unpaired) electrons. The van der Waals surface area contributed by atoms with Gasteiger partial charge in [-0.2, -0.15) is 4.57 Å². The van der Waals surface area contributed by atoms with Crippen molar-refractivity contribution in [2.45, 2.75) is 12.8 Å². The lowest BCUT2D eigenvalue weighted by Gasteiger charge is -2.11. The van der Waals surface area contributed by atoms with Gasteiger partial charge in [-0.3, -0.25) is 0 Å². The lowest BCUT2D eigenvalue weighted by Crippen LogP contribution is -2.32. The van der Waals surface area contributed by atoms with Crippen LogP contribution in [-0.2, 0) is 0 Å². The highest BCUT2D eigenvalue weighted by atomic mass is 14.9. The molecule has 0 aromatic carbocycles. The second-order valence-electron chi connectivity index (χ2n) is 3.68. The Bertz CT molecular complexity index is 399. The third kappa shape index (κ3) is 1.82. The highest BCUT2D eigenvalue weighted by Gasteiger charge is 2.16. The third-order valence-corrected chi connectivity index (χ3v) is 2.33. The van der Waals surface area contributed by atoms with Crippen LogP contribution in [0.5, 0.6) is 0 Å². The number of allylic oxidation sites excluding steroid dienone is 4. The summed E-state index contributed by atoms with van der Waals surface area (Å²) in [6.45, 7) is 8.02. The highest BCUT2D eigenvalue weighted by Crippen LogP contribution is 2.24. The Labute approximate surface area is 84.7 Å². The van der Waals surface area contributed by atoms with E-state index in [0.717, 1.165) is 18.4 Å². The van der Waals surface area contributed by atoms with E-state index in [9.17, 15) is 0 Å². The van der Waals surface area contributed by atoms with Gasteiger partial charge in [0.2, 0.25) is 0 Å². The summed E-state index contributed by atoms with van der Waals surface area (Å²) in [5, 5.41) is 0. The fraction of sp³-hybridized carbons (Fsp3) is 0.154. The molecule has 1 aliphatic rings. The van der Waals surface area contributed by atoms with Gasteiger partial charge in [-0.15, -0.1) is 0 Å². The van der Waals surface area contributed by atoms with Gasteiger partial charge in [-0.1, -0.05) is 24.8 Å². The van der Waals surface area contributed by atoms with Crippen molar-refractivity contribution in [1.29, 1.82) is 0 Å². The molecule has 0 saturated carbocycles. The Balaban J connectivity index is 2.35. The van der Waals surface area contributed by atoms with E-state index in [1.165, 1.54) is 11.3 Å². The summed E-state index contributed by atoms with van der Waals surface area (Å²) in [4.78, 5) is 0. The molecular weight excluding hydrogens is 170 g/mol. The molecule has 1 heterocycles. The van der Waals surface area contributed by atoms with E-state index in [0.29, 0.717) is 0 Å². The first kappa shape index (κ1) is 8.95. The van der Waals surface area contributed by atoms with Crippen LogP contribution in [0.25, 0.3) is 5.70 Å². The molecule has 0 unspecified atom stereocenters. The Hall–Kier alpha value is -1.63. The Morgan fingerprint density at radius 2 is 1.71 bits per heavy atom. The molecule has 0 fully saturated rings. The summed E-state index contributed by atoms with van der Waals surface area (Å²) in [5.41, 5.74) is 3.64. The first-order chi connectivity index (χ1) is 6.75. The molecule has 0 bridgehead atoms. The maximum Gasteiger partial charge on any atom is 0.191 e. The fourth-order valence-corrected chi connectivity index (χ4v) is 1.73. The fourth-order valence-electron chi connectivity index (χ4n) is 1.73. The maximum absolute atomic E-state index is 4.03. The summed E-state index contributed by atoms with van der Waals surface area (Å²) < 4.78 is 2.12. The molecule has 0 amide bonds. The molecule has 0 saturated heterocycles. The van der Waals surface area contributed by atoms with Crippen molar-refractivity contribution in [3.8, 4) is 0 Å². The van der Waals surface area contributed by atoms with E-state index in [1.807, 2.05) is 18.2 Å². The minimum atomic E-state index is 0.941. The molecule has 0 spiro atoms. The van der Waals surface area contributed by atoms with Gasteiger partial charge < -0.3 is 0 Å². The van der Waals surface area contributed by atoms with Crippen molar-refractivity contribution in [2.24, 2.45) is 0 Å². The van der Waals surface area contributed by atoms with E-state index < -0.39 is 0 Å². The summed E-state index contributed by atoms with van der Waals surface area (Å²) in [5.74, 6) is 0. The van der Waals surface area contributed by atoms with Gasteiger partial charge in [0.15, 0.2) is 18.1 Å². The zero-order chi connectivity index (χ0) is 9.97. The van der Waals surface area contributed by atoms with Gasteiger partial charge in [0.1, 0.15) is 0 Å². The molecule has 70 valence electrons. The van der Waals surface area contributed by atoms with Crippen LogP contribution in [-0.4, -0.2) is 0 Å². The van der Waals surface area contributed by atoms with Crippen LogP contribution in [0.2, 0.25) is 0 Å². The van der Waals surface area contributed by atoms with Crippen molar-refractivity contribution < 1.29 is 4.57 Å². The van der Waals surface area contributed by atoms with Crippen molar-refractivity contribution in [3.63, 3.8) is 0 Å². The number of nitrogens with zero attached hydrogens (tertiary/aromatic N) is 1. The van der Waals surface area contributed by atoms with Crippen molar-refractivity contribution in [2.75, 3.05) is 0 Å². The Kier molecular flexibility index (Phi) is 2.32. The molecular formula is C13H14N+. The SMILES string of the molecule is C=C1C=C([n+]2ccccc2)CC(=C)C1. The molecule has 1 aliphatic carbocycles. The molecule has 0 atom stereocenters. The number of aromatic nitrogens is 1. The Morgan fingerprint density at radius 1 is 1.00 bits per heavy atom. The van der Waals surface area contributed by atoms with Crippen LogP contribution >= 0.6 is 0 Å². The van der Waals surface area contributed by atoms with Gasteiger partial charge in [0.25, 0.3) is 0 Å². The van der Waals surface area contributed by atoms with Gasteiger partial charge in [0, 0.05) is 18.2 Å². The second-order valence-corrected chi connectivity index (χ2v) is 3.68. The Morgan fingerprint density at radius 3 is 2.36 bits per heavy atom. The minimum Gasteiger partial charge on any atom is -0.171 e. The van der Waals surface area contributed by atoms with Gasteiger partial charge in [-0.05, 0) is 12.0 Å². The molecule has 14 heavy (non-hydrogen) atoms. The summed E-state index contributed by atoms with van der Waals surface area (Å²) in [6, 6.07) is 6.07. The lowest BCUT2D eigenvalue weighted by atomic mass is 9.96. The highest BCUT2D eigenvalue weighted by molar-refractivity contribution is 5.49. The zero-order valence-electron chi connectivity index (χ0n) is 8.24. The lowest BCUT2D eigenvalue weighted by molar-refractivity contribution is -0.583. The third-order valence-electron chi connectivity index (χ3n) is 2.33. The van der Waals surface area contributed by atoms with Crippen molar-refractivity contribution in [3.05, 3.63) is 61.0 Å².